The first kappa shape index (κ1) is 13.6. The van der Waals surface area contributed by atoms with Gasteiger partial charge < -0.3 is 10.2 Å². The van der Waals surface area contributed by atoms with E-state index in [0.29, 0.717) is 13.0 Å². The first-order valence-corrected chi connectivity index (χ1v) is 6.74. The second kappa shape index (κ2) is 5.86. The van der Waals surface area contributed by atoms with E-state index in [-0.39, 0.29) is 24.4 Å². The SMILES string of the molecule is CCCC1C(=O)NCC(=O)N1Cc1cnn(CC)c1. The molecule has 1 aromatic heterocycles. The van der Waals surface area contributed by atoms with Crippen LogP contribution in [0.4, 0.5) is 0 Å². The lowest BCUT2D eigenvalue weighted by atomic mass is 10.1. The Morgan fingerprint density at radius 2 is 2.21 bits per heavy atom. The summed E-state index contributed by atoms with van der Waals surface area (Å²) >= 11 is 0. The number of nitrogens with one attached hydrogen (secondary N) is 1. The molecule has 6 heteroatoms. The molecule has 0 saturated carbocycles. The Balaban J connectivity index is 2.13. The molecule has 0 aromatic carbocycles. The van der Waals surface area contributed by atoms with Crippen LogP contribution in [0.1, 0.15) is 32.3 Å². The summed E-state index contributed by atoms with van der Waals surface area (Å²) in [5.41, 5.74) is 0.964. The summed E-state index contributed by atoms with van der Waals surface area (Å²) < 4.78 is 1.82. The molecule has 1 aromatic rings. The maximum Gasteiger partial charge on any atom is 0.243 e. The minimum absolute atomic E-state index is 0.0256. The highest BCUT2D eigenvalue weighted by Gasteiger charge is 2.33. The molecule has 2 rings (SSSR count). The lowest BCUT2D eigenvalue weighted by Gasteiger charge is -2.34. The topological polar surface area (TPSA) is 67.2 Å². The fraction of sp³-hybridized carbons (Fsp3) is 0.615. The second-order valence-electron chi connectivity index (χ2n) is 4.75. The number of rotatable bonds is 5. The minimum Gasteiger partial charge on any atom is -0.345 e. The molecule has 1 atom stereocenters. The monoisotopic (exact) mass is 264 g/mol. The van der Waals surface area contributed by atoms with Crippen LogP contribution in [0, 0.1) is 0 Å². The van der Waals surface area contributed by atoms with Crippen LogP contribution in [0.5, 0.6) is 0 Å². The maximum absolute atomic E-state index is 12.0. The summed E-state index contributed by atoms with van der Waals surface area (Å²) in [5, 5.41) is 6.84. The average Bonchev–Trinajstić information content (AvgIpc) is 2.86. The molecule has 0 radical (unpaired) electrons. The zero-order chi connectivity index (χ0) is 13.8. The largest absolute Gasteiger partial charge is 0.345 e. The molecule has 19 heavy (non-hydrogen) atoms. The third-order valence-electron chi connectivity index (χ3n) is 3.34. The van der Waals surface area contributed by atoms with Crippen LogP contribution in [0.25, 0.3) is 0 Å². The summed E-state index contributed by atoms with van der Waals surface area (Å²) in [7, 11) is 0. The van der Waals surface area contributed by atoms with Crippen molar-refractivity contribution in [3.63, 3.8) is 0 Å². The molecule has 0 aliphatic carbocycles. The van der Waals surface area contributed by atoms with Crippen LogP contribution in [0.3, 0.4) is 0 Å². The Bertz CT molecular complexity index is 469. The van der Waals surface area contributed by atoms with Crippen molar-refractivity contribution in [3.05, 3.63) is 18.0 Å². The molecule has 1 N–H and O–H groups in total. The van der Waals surface area contributed by atoms with E-state index < -0.39 is 0 Å². The van der Waals surface area contributed by atoms with E-state index in [1.807, 2.05) is 24.7 Å². The predicted molar refractivity (Wildman–Crippen MR) is 70.2 cm³/mol. The van der Waals surface area contributed by atoms with Crippen LogP contribution < -0.4 is 5.32 Å². The highest BCUT2D eigenvalue weighted by atomic mass is 16.2. The van der Waals surface area contributed by atoms with Gasteiger partial charge in [0.2, 0.25) is 11.8 Å². The summed E-state index contributed by atoms with van der Waals surface area (Å²) in [6.07, 6.45) is 5.24. The average molecular weight is 264 g/mol. The lowest BCUT2D eigenvalue weighted by molar-refractivity contribution is -0.146. The molecular formula is C13H20N4O2. The van der Waals surface area contributed by atoms with Gasteiger partial charge in [0.05, 0.1) is 12.7 Å². The van der Waals surface area contributed by atoms with Crippen LogP contribution in [-0.2, 0) is 22.7 Å². The molecule has 104 valence electrons. The number of amides is 2. The van der Waals surface area contributed by atoms with Gasteiger partial charge in [-0.15, -0.1) is 0 Å². The molecule has 1 saturated heterocycles. The van der Waals surface area contributed by atoms with Crippen LogP contribution >= 0.6 is 0 Å². The van der Waals surface area contributed by atoms with Gasteiger partial charge in [-0.05, 0) is 13.3 Å². The van der Waals surface area contributed by atoms with E-state index >= 15 is 0 Å². The van der Waals surface area contributed by atoms with E-state index in [1.165, 1.54) is 0 Å². The van der Waals surface area contributed by atoms with E-state index in [2.05, 4.69) is 10.4 Å². The van der Waals surface area contributed by atoms with Crippen molar-refractivity contribution in [3.8, 4) is 0 Å². The van der Waals surface area contributed by atoms with Crippen molar-refractivity contribution >= 4 is 11.8 Å². The highest BCUT2D eigenvalue weighted by Crippen LogP contribution is 2.15. The number of aryl methyl sites for hydroxylation is 1. The van der Waals surface area contributed by atoms with Gasteiger partial charge in [-0.3, -0.25) is 14.3 Å². The van der Waals surface area contributed by atoms with Crippen molar-refractivity contribution in [2.45, 2.75) is 45.8 Å². The summed E-state index contributed by atoms with van der Waals surface area (Å²) in [6, 6.07) is -0.351. The van der Waals surface area contributed by atoms with Crippen molar-refractivity contribution < 1.29 is 9.59 Å². The molecule has 2 amide bonds. The van der Waals surface area contributed by atoms with E-state index in [0.717, 1.165) is 18.5 Å². The zero-order valence-corrected chi connectivity index (χ0v) is 11.4. The standard InChI is InChI=1S/C13H20N4O2/c1-3-5-11-13(19)14-7-12(18)17(11)9-10-6-15-16(4-2)8-10/h6,8,11H,3-5,7,9H2,1-2H3,(H,14,19). The molecule has 1 unspecified atom stereocenters. The molecular weight excluding hydrogens is 244 g/mol. The van der Waals surface area contributed by atoms with Gasteiger partial charge in [-0.1, -0.05) is 13.3 Å². The summed E-state index contributed by atoms with van der Waals surface area (Å²) in [5.74, 6) is -0.0772. The number of carbonyl (C=O) groups is 2. The summed E-state index contributed by atoms with van der Waals surface area (Å²) in [4.78, 5) is 25.5. The quantitative estimate of drug-likeness (QED) is 0.843. The van der Waals surface area contributed by atoms with Gasteiger partial charge in [0.1, 0.15) is 6.04 Å². The van der Waals surface area contributed by atoms with Crippen molar-refractivity contribution in [2.24, 2.45) is 0 Å². The molecule has 6 nitrogen and oxygen atoms in total. The molecule has 1 aliphatic heterocycles. The van der Waals surface area contributed by atoms with Gasteiger partial charge in [-0.2, -0.15) is 5.10 Å². The van der Waals surface area contributed by atoms with Gasteiger partial charge >= 0.3 is 0 Å². The predicted octanol–water partition coefficient (Wildman–Crippen LogP) is 0.530. The van der Waals surface area contributed by atoms with Gasteiger partial charge in [0.15, 0.2) is 0 Å². The van der Waals surface area contributed by atoms with E-state index in [1.54, 1.807) is 11.1 Å². The number of hydrogen-bond donors (Lipinski definition) is 1. The third-order valence-corrected chi connectivity index (χ3v) is 3.34. The first-order chi connectivity index (χ1) is 9.15. The van der Waals surface area contributed by atoms with Crippen LogP contribution in [0.15, 0.2) is 12.4 Å². The first-order valence-electron chi connectivity index (χ1n) is 6.74. The van der Waals surface area contributed by atoms with Crippen molar-refractivity contribution in [1.29, 1.82) is 0 Å². The molecule has 0 bridgehead atoms. The Morgan fingerprint density at radius 1 is 1.42 bits per heavy atom. The fourth-order valence-electron chi connectivity index (χ4n) is 2.31. The normalized spacial score (nSPS) is 19.7. The van der Waals surface area contributed by atoms with Gasteiger partial charge in [0.25, 0.3) is 0 Å². The van der Waals surface area contributed by atoms with E-state index in [9.17, 15) is 9.59 Å². The van der Waals surface area contributed by atoms with Crippen LogP contribution in [-0.4, -0.2) is 39.1 Å². The molecule has 1 fully saturated rings. The highest BCUT2D eigenvalue weighted by molar-refractivity contribution is 5.94. The molecule has 2 heterocycles. The lowest BCUT2D eigenvalue weighted by Crippen LogP contribution is -2.57. The smallest absolute Gasteiger partial charge is 0.243 e. The fourth-order valence-corrected chi connectivity index (χ4v) is 2.31. The minimum atomic E-state index is -0.351. The Hall–Kier alpha value is -1.85. The number of carbonyl (C=O) groups excluding carboxylic acids is 2. The number of piperazine rings is 1. The molecule has 1 aliphatic rings. The third kappa shape index (κ3) is 2.94. The maximum atomic E-state index is 12.0. The van der Waals surface area contributed by atoms with Crippen LogP contribution in [0.2, 0.25) is 0 Å². The Labute approximate surface area is 112 Å². The number of hydrogen-bond acceptors (Lipinski definition) is 3. The van der Waals surface area contributed by atoms with E-state index in [4.69, 9.17) is 0 Å². The zero-order valence-electron chi connectivity index (χ0n) is 11.4. The second-order valence-corrected chi connectivity index (χ2v) is 4.75. The van der Waals surface area contributed by atoms with Gasteiger partial charge in [0, 0.05) is 24.8 Å². The van der Waals surface area contributed by atoms with Gasteiger partial charge in [-0.25, -0.2) is 0 Å². The Kier molecular flexibility index (Phi) is 4.19. The number of nitrogens with zero attached hydrogens (tertiary/aromatic N) is 3. The Morgan fingerprint density at radius 3 is 2.84 bits per heavy atom. The summed E-state index contributed by atoms with van der Waals surface area (Å²) in [6.45, 7) is 5.38. The number of aromatic nitrogens is 2. The van der Waals surface area contributed by atoms with Crippen molar-refractivity contribution in [2.75, 3.05) is 6.54 Å². The van der Waals surface area contributed by atoms with Crippen molar-refractivity contribution in [1.82, 2.24) is 20.0 Å². The molecule has 0 spiro atoms.